The molecule has 0 aliphatic heterocycles. The van der Waals surface area contributed by atoms with Crippen molar-refractivity contribution in [2.45, 2.75) is 31.5 Å². The first-order valence-corrected chi connectivity index (χ1v) is 8.11. The third-order valence-corrected chi connectivity index (χ3v) is 4.18. The minimum Gasteiger partial charge on any atom is -0.313 e. The number of nitrogens with zero attached hydrogens (tertiary/aromatic N) is 3. The summed E-state index contributed by atoms with van der Waals surface area (Å²) in [4.78, 5) is 0. The third-order valence-electron chi connectivity index (χ3n) is 2.76. The summed E-state index contributed by atoms with van der Waals surface area (Å²) in [6.45, 7) is 3.39. The van der Waals surface area contributed by atoms with Crippen molar-refractivity contribution in [1.29, 1.82) is 0 Å². The molecule has 0 aromatic carbocycles. The standard InChI is InChI=1S/C12H18N6O2S/c1-2-5-13-7-10-8-15-18-12(10)21(19,20)16-9-11-4-3-6-14-17-11/h3-4,6,8,13,16H,2,5,7,9H2,1H3,(H,15,18). The summed E-state index contributed by atoms with van der Waals surface area (Å²) < 4.78 is 27.0. The molecular formula is C12H18N6O2S. The Morgan fingerprint density at radius 1 is 1.33 bits per heavy atom. The zero-order valence-electron chi connectivity index (χ0n) is 11.7. The van der Waals surface area contributed by atoms with Gasteiger partial charge < -0.3 is 5.32 Å². The highest BCUT2D eigenvalue weighted by Gasteiger charge is 2.20. The smallest absolute Gasteiger partial charge is 0.258 e. The molecule has 0 atom stereocenters. The van der Waals surface area contributed by atoms with Gasteiger partial charge in [-0.05, 0) is 25.1 Å². The van der Waals surface area contributed by atoms with Crippen LogP contribution in [0.3, 0.4) is 0 Å². The lowest BCUT2D eigenvalue weighted by Crippen LogP contribution is -2.26. The molecule has 0 spiro atoms. The van der Waals surface area contributed by atoms with E-state index in [-0.39, 0.29) is 11.6 Å². The van der Waals surface area contributed by atoms with Crippen LogP contribution in [0.2, 0.25) is 0 Å². The van der Waals surface area contributed by atoms with Crippen LogP contribution in [-0.2, 0) is 23.1 Å². The first-order chi connectivity index (χ1) is 10.1. The van der Waals surface area contributed by atoms with Gasteiger partial charge >= 0.3 is 0 Å². The van der Waals surface area contributed by atoms with Crippen molar-refractivity contribution in [1.82, 2.24) is 30.4 Å². The fourth-order valence-corrected chi connectivity index (χ4v) is 2.85. The monoisotopic (exact) mass is 310 g/mol. The van der Waals surface area contributed by atoms with Gasteiger partial charge in [-0.1, -0.05) is 6.92 Å². The summed E-state index contributed by atoms with van der Waals surface area (Å²) in [6, 6.07) is 3.40. The maximum atomic E-state index is 12.3. The molecule has 0 saturated carbocycles. The third kappa shape index (κ3) is 4.31. The van der Waals surface area contributed by atoms with Crippen LogP contribution in [0.4, 0.5) is 0 Å². The second-order valence-electron chi connectivity index (χ2n) is 4.44. The lowest BCUT2D eigenvalue weighted by molar-refractivity contribution is 0.572. The Balaban J connectivity index is 2.04. The van der Waals surface area contributed by atoms with Crippen molar-refractivity contribution >= 4 is 10.0 Å². The molecule has 2 aromatic heterocycles. The molecule has 2 aromatic rings. The summed E-state index contributed by atoms with van der Waals surface area (Å²) in [6.07, 6.45) is 4.02. The van der Waals surface area contributed by atoms with Crippen LogP contribution in [0.1, 0.15) is 24.6 Å². The topological polar surface area (TPSA) is 113 Å². The zero-order valence-corrected chi connectivity index (χ0v) is 12.5. The van der Waals surface area contributed by atoms with Crippen molar-refractivity contribution in [3.63, 3.8) is 0 Å². The number of aromatic amines is 1. The van der Waals surface area contributed by atoms with E-state index in [1.165, 1.54) is 12.4 Å². The summed E-state index contributed by atoms with van der Waals surface area (Å²) in [5.74, 6) is 0. The molecule has 2 rings (SSSR count). The second kappa shape index (κ2) is 7.25. The summed E-state index contributed by atoms with van der Waals surface area (Å²) in [5.41, 5.74) is 1.15. The van der Waals surface area contributed by atoms with Gasteiger partial charge in [-0.2, -0.15) is 15.3 Å². The van der Waals surface area contributed by atoms with Crippen LogP contribution >= 0.6 is 0 Å². The number of hydrogen-bond donors (Lipinski definition) is 3. The van der Waals surface area contributed by atoms with Gasteiger partial charge in [0.05, 0.1) is 18.4 Å². The van der Waals surface area contributed by atoms with E-state index in [4.69, 9.17) is 0 Å². The van der Waals surface area contributed by atoms with E-state index < -0.39 is 10.0 Å². The predicted octanol–water partition coefficient (Wildman–Crippen LogP) is 0.178. The molecule has 0 aliphatic carbocycles. The number of H-pyrrole nitrogens is 1. The first-order valence-electron chi connectivity index (χ1n) is 6.62. The predicted molar refractivity (Wildman–Crippen MR) is 76.6 cm³/mol. The normalized spacial score (nSPS) is 11.7. The van der Waals surface area contributed by atoms with Crippen molar-refractivity contribution in [3.05, 3.63) is 35.8 Å². The van der Waals surface area contributed by atoms with Crippen LogP contribution in [-0.4, -0.2) is 35.4 Å². The van der Waals surface area contributed by atoms with E-state index in [0.717, 1.165) is 13.0 Å². The molecule has 0 bridgehead atoms. The maximum Gasteiger partial charge on any atom is 0.258 e. The number of nitrogens with one attached hydrogen (secondary N) is 3. The number of rotatable bonds is 8. The van der Waals surface area contributed by atoms with E-state index >= 15 is 0 Å². The van der Waals surface area contributed by atoms with E-state index in [1.54, 1.807) is 12.1 Å². The molecule has 0 amide bonds. The van der Waals surface area contributed by atoms with Crippen LogP contribution < -0.4 is 10.0 Å². The fraction of sp³-hybridized carbons (Fsp3) is 0.417. The highest BCUT2D eigenvalue weighted by Crippen LogP contribution is 2.11. The minimum atomic E-state index is -3.66. The van der Waals surface area contributed by atoms with Gasteiger partial charge in [0.25, 0.3) is 10.0 Å². The minimum absolute atomic E-state index is 0.0787. The molecule has 0 radical (unpaired) electrons. The van der Waals surface area contributed by atoms with Crippen molar-refractivity contribution in [2.24, 2.45) is 0 Å². The molecule has 2 heterocycles. The molecule has 0 aliphatic rings. The van der Waals surface area contributed by atoms with Gasteiger partial charge in [0.1, 0.15) is 0 Å². The summed E-state index contributed by atoms with van der Waals surface area (Å²) in [5, 5.41) is 17.1. The fourth-order valence-electron chi connectivity index (χ4n) is 1.73. The van der Waals surface area contributed by atoms with E-state index in [2.05, 4.69) is 30.4 Å². The van der Waals surface area contributed by atoms with Crippen LogP contribution in [0.15, 0.2) is 29.6 Å². The molecule has 21 heavy (non-hydrogen) atoms. The van der Waals surface area contributed by atoms with E-state index in [1.807, 2.05) is 6.92 Å². The summed E-state index contributed by atoms with van der Waals surface area (Å²) in [7, 11) is -3.66. The SMILES string of the molecule is CCCNCc1cn[nH]c1S(=O)(=O)NCc1cccnn1. The quantitative estimate of drug-likeness (QED) is 0.599. The Labute approximate surface area is 123 Å². The molecule has 9 heteroatoms. The number of sulfonamides is 1. The Kier molecular flexibility index (Phi) is 5.37. The average Bonchev–Trinajstić information content (AvgIpc) is 2.96. The Bertz CT molecular complexity index is 655. The lowest BCUT2D eigenvalue weighted by atomic mass is 10.3. The van der Waals surface area contributed by atoms with Gasteiger partial charge in [-0.25, -0.2) is 13.1 Å². The largest absolute Gasteiger partial charge is 0.313 e. The Morgan fingerprint density at radius 2 is 2.19 bits per heavy atom. The molecular weight excluding hydrogens is 292 g/mol. The highest BCUT2D eigenvalue weighted by atomic mass is 32.2. The van der Waals surface area contributed by atoms with Gasteiger partial charge in [0, 0.05) is 18.3 Å². The number of hydrogen-bond acceptors (Lipinski definition) is 6. The average molecular weight is 310 g/mol. The molecule has 3 N–H and O–H groups in total. The second-order valence-corrected chi connectivity index (χ2v) is 6.14. The van der Waals surface area contributed by atoms with Gasteiger partial charge in [-0.15, -0.1) is 0 Å². The maximum absolute atomic E-state index is 12.3. The van der Waals surface area contributed by atoms with Gasteiger partial charge in [-0.3, -0.25) is 5.10 Å². The van der Waals surface area contributed by atoms with Crippen LogP contribution in [0, 0.1) is 0 Å². The van der Waals surface area contributed by atoms with Crippen LogP contribution in [0.25, 0.3) is 0 Å². The number of aromatic nitrogens is 4. The Hall–Kier alpha value is -1.84. The van der Waals surface area contributed by atoms with Crippen molar-refractivity contribution < 1.29 is 8.42 Å². The zero-order chi connectivity index (χ0) is 15.1. The molecule has 0 fully saturated rings. The Morgan fingerprint density at radius 3 is 2.90 bits per heavy atom. The van der Waals surface area contributed by atoms with E-state index in [9.17, 15) is 8.42 Å². The van der Waals surface area contributed by atoms with Crippen LogP contribution in [0.5, 0.6) is 0 Å². The van der Waals surface area contributed by atoms with Gasteiger partial charge in [0.2, 0.25) is 0 Å². The highest BCUT2D eigenvalue weighted by molar-refractivity contribution is 7.89. The molecule has 114 valence electrons. The van der Waals surface area contributed by atoms with Gasteiger partial charge in [0.15, 0.2) is 5.03 Å². The molecule has 0 saturated heterocycles. The van der Waals surface area contributed by atoms with Crippen molar-refractivity contribution in [3.8, 4) is 0 Å². The van der Waals surface area contributed by atoms with E-state index in [0.29, 0.717) is 17.8 Å². The molecule has 8 nitrogen and oxygen atoms in total. The van der Waals surface area contributed by atoms with Crippen molar-refractivity contribution in [2.75, 3.05) is 6.54 Å². The molecule has 0 unspecified atom stereocenters. The lowest BCUT2D eigenvalue weighted by Gasteiger charge is -2.07. The summed E-state index contributed by atoms with van der Waals surface area (Å²) >= 11 is 0. The first kappa shape index (κ1) is 15.5.